The van der Waals surface area contributed by atoms with E-state index in [1.165, 1.54) is 13.2 Å². The maximum atomic E-state index is 8.68. The van der Waals surface area contributed by atoms with Crippen molar-refractivity contribution in [2.24, 2.45) is 0 Å². The predicted octanol–water partition coefficient (Wildman–Crippen LogP) is -0.00901. The van der Waals surface area contributed by atoms with Crippen molar-refractivity contribution in [3.8, 4) is 11.8 Å². The minimum atomic E-state index is -0.137. The smallest absolute Gasteiger partial charge is 0.220 e. The summed E-state index contributed by atoms with van der Waals surface area (Å²) >= 11 is 0. The van der Waals surface area contributed by atoms with Gasteiger partial charge in [-0.05, 0) is 0 Å². The van der Waals surface area contributed by atoms with Crippen LogP contribution in [0.5, 0.6) is 11.8 Å². The average molecular weight is 125 g/mol. The third-order valence-electron chi connectivity index (χ3n) is 0.786. The van der Waals surface area contributed by atoms with Crippen LogP contribution < -0.4 is 4.74 Å². The minimum Gasteiger partial charge on any atom is -0.493 e. The minimum absolute atomic E-state index is 0.137. The van der Waals surface area contributed by atoms with Gasteiger partial charge in [-0.3, -0.25) is 0 Å². The molecule has 0 aliphatic heterocycles. The summed E-state index contributed by atoms with van der Waals surface area (Å²) in [6.45, 7) is 0. The third-order valence-corrected chi connectivity index (χ3v) is 0.786. The normalized spacial score (nSPS) is 9.00. The standard InChI is InChI=1S/C5H5N2O2/c1-9-5-2-4(8)6-3-7-5/h2H,1H3,(H,6,7,8). The van der Waals surface area contributed by atoms with Crippen LogP contribution in [0.1, 0.15) is 0 Å². The van der Waals surface area contributed by atoms with E-state index in [0.717, 1.165) is 0 Å². The molecule has 0 unspecified atom stereocenters. The Balaban J connectivity index is 2.94. The maximum Gasteiger partial charge on any atom is 0.220 e. The molecule has 1 N–H and O–H groups in total. The summed E-state index contributed by atoms with van der Waals surface area (Å²) < 4.78 is 4.65. The molecule has 1 heterocycles. The van der Waals surface area contributed by atoms with Gasteiger partial charge in [-0.15, -0.1) is 0 Å². The van der Waals surface area contributed by atoms with Gasteiger partial charge in [0.05, 0.1) is 13.2 Å². The third kappa shape index (κ3) is 1.28. The molecule has 0 saturated heterocycles. The Morgan fingerprint density at radius 3 is 2.89 bits per heavy atom. The highest BCUT2D eigenvalue weighted by Crippen LogP contribution is 2.08. The van der Waals surface area contributed by atoms with E-state index < -0.39 is 0 Å². The molecule has 0 spiro atoms. The van der Waals surface area contributed by atoms with Crippen LogP contribution in [0.25, 0.3) is 0 Å². The molecule has 0 aromatic carbocycles. The number of aromatic hydroxyl groups is 1. The van der Waals surface area contributed by atoms with Crippen molar-refractivity contribution in [2.45, 2.75) is 0 Å². The summed E-state index contributed by atoms with van der Waals surface area (Å²) in [5, 5.41) is 8.68. The van der Waals surface area contributed by atoms with E-state index >= 15 is 0 Å². The van der Waals surface area contributed by atoms with Crippen molar-refractivity contribution in [3.63, 3.8) is 0 Å². The largest absolute Gasteiger partial charge is 0.493 e. The molecular weight excluding hydrogens is 120 g/mol. The lowest BCUT2D eigenvalue weighted by Crippen LogP contribution is -1.87. The summed E-state index contributed by atoms with van der Waals surface area (Å²) in [4.78, 5) is 6.87. The Morgan fingerprint density at radius 1 is 1.67 bits per heavy atom. The van der Waals surface area contributed by atoms with Crippen LogP contribution in [0, 0.1) is 6.33 Å². The van der Waals surface area contributed by atoms with E-state index in [-0.39, 0.29) is 5.88 Å². The van der Waals surface area contributed by atoms with Gasteiger partial charge in [-0.25, -0.2) is 0 Å². The van der Waals surface area contributed by atoms with Gasteiger partial charge in [0.15, 0.2) is 0 Å². The van der Waals surface area contributed by atoms with Gasteiger partial charge in [0, 0.05) is 0 Å². The SMILES string of the molecule is COc1cc(O)n[c]n1. The average Bonchev–Trinajstić information content (AvgIpc) is 1.88. The second-order valence-corrected chi connectivity index (χ2v) is 1.37. The molecule has 0 atom stereocenters. The van der Waals surface area contributed by atoms with Crippen LogP contribution in [0.2, 0.25) is 0 Å². The fourth-order valence-corrected chi connectivity index (χ4v) is 0.405. The van der Waals surface area contributed by atoms with Crippen molar-refractivity contribution in [1.82, 2.24) is 9.97 Å². The quantitative estimate of drug-likeness (QED) is 0.573. The van der Waals surface area contributed by atoms with Crippen molar-refractivity contribution >= 4 is 0 Å². The first-order valence-electron chi connectivity index (χ1n) is 2.31. The van der Waals surface area contributed by atoms with Crippen LogP contribution in [0.3, 0.4) is 0 Å². The molecule has 4 heteroatoms. The number of nitrogens with zero attached hydrogens (tertiary/aromatic N) is 2. The van der Waals surface area contributed by atoms with Gasteiger partial charge < -0.3 is 9.84 Å². The first kappa shape index (κ1) is 5.81. The van der Waals surface area contributed by atoms with Crippen LogP contribution in [0.4, 0.5) is 0 Å². The molecule has 0 bridgehead atoms. The fourth-order valence-electron chi connectivity index (χ4n) is 0.405. The molecule has 0 saturated carbocycles. The topological polar surface area (TPSA) is 55.2 Å². The molecule has 0 aliphatic rings. The first-order chi connectivity index (χ1) is 4.33. The highest BCUT2D eigenvalue weighted by Gasteiger charge is 1.92. The summed E-state index contributed by atoms with van der Waals surface area (Å²) in [6.07, 6.45) is 2.21. The molecule has 0 aliphatic carbocycles. The molecule has 0 amide bonds. The van der Waals surface area contributed by atoms with Crippen LogP contribution >= 0.6 is 0 Å². The van der Waals surface area contributed by atoms with E-state index in [0.29, 0.717) is 5.88 Å². The summed E-state index contributed by atoms with van der Waals surface area (Å²) in [5.41, 5.74) is 0. The lowest BCUT2D eigenvalue weighted by molar-refractivity contribution is 0.385. The zero-order valence-corrected chi connectivity index (χ0v) is 4.83. The highest BCUT2D eigenvalue weighted by molar-refractivity contribution is 5.15. The Bertz CT molecular complexity index is 202. The molecule has 1 radical (unpaired) electrons. The lowest BCUT2D eigenvalue weighted by atomic mass is 10.6. The van der Waals surface area contributed by atoms with Gasteiger partial charge >= 0.3 is 0 Å². The second-order valence-electron chi connectivity index (χ2n) is 1.37. The summed E-state index contributed by atoms with van der Waals surface area (Å²) in [5.74, 6) is 0.171. The first-order valence-corrected chi connectivity index (χ1v) is 2.31. The second kappa shape index (κ2) is 2.30. The number of hydrogen-bond acceptors (Lipinski definition) is 4. The Morgan fingerprint density at radius 2 is 2.44 bits per heavy atom. The molecule has 1 aromatic heterocycles. The number of rotatable bonds is 1. The molecular formula is C5H5N2O2. The van der Waals surface area contributed by atoms with Crippen molar-refractivity contribution in [3.05, 3.63) is 12.4 Å². The zero-order valence-electron chi connectivity index (χ0n) is 4.83. The highest BCUT2D eigenvalue weighted by atomic mass is 16.5. The Kier molecular flexibility index (Phi) is 1.48. The van der Waals surface area contributed by atoms with Crippen LogP contribution in [-0.4, -0.2) is 22.2 Å². The predicted molar refractivity (Wildman–Crippen MR) is 29.1 cm³/mol. The molecule has 1 aromatic rings. The number of hydrogen-bond donors (Lipinski definition) is 1. The summed E-state index contributed by atoms with van der Waals surface area (Å²) in [7, 11) is 1.45. The van der Waals surface area contributed by atoms with E-state index in [4.69, 9.17) is 5.11 Å². The summed E-state index contributed by atoms with van der Waals surface area (Å²) in [6, 6.07) is 1.30. The van der Waals surface area contributed by atoms with Gasteiger partial charge in [-0.2, -0.15) is 9.97 Å². The Hall–Kier alpha value is -1.32. The van der Waals surface area contributed by atoms with Gasteiger partial charge in [0.2, 0.25) is 18.1 Å². The van der Waals surface area contributed by atoms with Crippen molar-refractivity contribution < 1.29 is 9.84 Å². The van der Waals surface area contributed by atoms with E-state index in [1.54, 1.807) is 0 Å². The number of methoxy groups -OCH3 is 1. The lowest BCUT2D eigenvalue weighted by Gasteiger charge is -1.94. The van der Waals surface area contributed by atoms with E-state index in [2.05, 4.69) is 21.0 Å². The van der Waals surface area contributed by atoms with Crippen LogP contribution in [0.15, 0.2) is 6.07 Å². The van der Waals surface area contributed by atoms with E-state index in [9.17, 15) is 0 Å². The molecule has 0 fully saturated rings. The van der Waals surface area contributed by atoms with Gasteiger partial charge in [-0.1, -0.05) is 0 Å². The van der Waals surface area contributed by atoms with E-state index in [1.807, 2.05) is 0 Å². The van der Waals surface area contributed by atoms with Gasteiger partial charge in [0.25, 0.3) is 0 Å². The zero-order chi connectivity index (χ0) is 6.69. The molecule has 1 rings (SSSR count). The molecule has 4 nitrogen and oxygen atoms in total. The number of ether oxygens (including phenoxy) is 1. The van der Waals surface area contributed by atoms with Gasteiger partial charge in [0.1, 0.15) is 0 Å². The number of aromatic nitrogens is 2. The Labute approximate surface area is 52.1 Å². The fraction of sp³-hybridized carbons (Fsp3) is 0.200. The molecule has 9 heavy (non-hydrogen) atoms. The van der Waals surface area contributed by atoms with Crippen LogP contribution in [-0.2, 0) is 0 Å². The van der Waals surface area contributed by atoms with Crippen molar-refractivity contribution in [2.75, 3.05) is 7.11 Å². The maximum absolute atomic E-state index is 8.68. The van der Waals surface area contributed by atoms with Crippen molar-refractivity contribution in [1.29, 1.82) is 0 Å². The monoisotopic (exact) mass is 125 g/mol. The molecule has 47 valence electrons.